The quantitative estimate of drug-likeness (QED) is 0.707. The smallest absolute Gasteiger partial charge is 0.251 e. The fourth-order valence-corrected chi connectivity index (χ4v) is 3.26. The van der Waals surface area contributed by atoms with E-state index in [9.17, 15) is 14.0 Å². The van der Waals surface area contributed by atoms with E-state index in [4.69, 9.17) is 5.73 Å². The van der Waals surface area contributed by atoms with Crippen molar-refractivity contribution in [2.24, 2.45) is 5.73 Å². The number of benzene rings is 2. The molecule has 0 bridgehead atoms. The Hall–Kier alpha value is -2.44. The average Bonchev–Trinajstić information content (AvgIpc) is 2.68. The van der Waals surface area contributed by atoms with Gasteiger partial charge in [-0.05, 0) is 54.8 Å². The minimum Gasteiger partial charge on any atom is -0.348 e. The van der Waals surface area contributed by atoms with E-state index in [2.05, 4.69) is 10.6 Å². The second kappa shape index (κ2) is 9.66. The van der Waals surface area contributed by atoms with Crippen molar-refractivity contribution in [2.75, 3.05) is 5.32 Å². The van der Waals surface area contributed by atoms with Crippen LogP contribution in [0.5, 0.6) is 0 Å². The molecule has 2 amide bonds. The fraction of sp³-hybridized carbons (Fsp3) is 0.333. The Morgan fingerprint density at radius 1 is 0.964 bits per heavy atom. The van der Waals surface area contributed by atoms with Crippen LogP contribution in [0.15, 0.2) is 48.5 Å². The molecule has 2 aromatic carbocycles. The largest absolute Gasteiger partial charge is 0.348 e. The summed E-state index contributed by atoms with van der Waals surface area (Å²) in [6.45, 7) is 0.313. The zero-order chi connectivity index (χ0) is 19.3. The highest BCUT2D eigenvalue weighted by atomic mass is 35.5. The molecule has 0 radical (unpaired) electrons. The Balaban J connectivity index is 0.00000280. The van der Waals surface area contributed by atoms with E-state index in [1.807, 2.05) is 0 Å². The SMILES string of the molecule is Cl.NC1(C(=O)Nc2ccc(C(=O)NCc3ccc(F)cc3)cc2)CCCCC1. The minimum atomic E-state index is -0.802. The first-order valence-corrected chi connectivity index (χ1v) is 9.19. The van der Waals surface area contributed by atoms with Gasteiger partial charge in [-0.1, -0.05) is 31.4 Å². The van der Waals surface area contributed by atoms with Crippen molar-refractivity contribution in [1.82, 2.24) is 5.32 Å². The van der Waals surface area contributed by atoms with Crippen LogP contribution in [0.3, 0.4) is 0 Å². The highest BCUT2D eigenvalue weighted by molar-refractivity contribution is 5.99. The highest BCUT2D eigenvalue weighted by Crippen LogP contribution is 2.27. The lowest BCUT2D eigenvalue weighted by Gasteiger charge is -2.31. The topological polar surface area (TPSA) is 84.2 Å². The van der Waals surface area contributed by atoms with Crippen molar-refractivity contribution >= 4 is 29.9 Å². The summed E-state index contributed by atoms with van der Waals surface area (Å²) in [6, 6.07) is 12.7. The molecular formula is C21H25ClFN3O2. The third-order valence-corrected chi connectivity index (χ3v) is 4.97. The second-order valence-electron chi connectivity index (χ2n) is 7.06. The molecule has 28 heavy (non-hydrogen) atoms. The number of carbonyl (C=O) groups excluding carboxylic acids is 2. The number of rotatable bonds is 5. The molecule has 1 saturated carbocycles. The normalized spacial score (nSPS) is 15.2. The van der Waals surface area contributed by atoms with E-state index < -0.39 is 5.54 Å². The molecule has 0 spiro atoms. The van der Waals surface area contributed by atoms with E-state index in [-0.39, 0.29) is 30.0 Å². The molecule has 1 aliphatic carbocycles. The van der Waals surface area contributed by atoms with Gasteiger partial charge >= 0.3 is 0 Å². The van der Waals surface area contributed by atoms with Gasteiger partial charge in [-0.3, -0.25) is 9.59 Å². The van der Waals surface area contributed by atoms with Gasteiger partial charge in [-0.25, -0.2) is 4.39 Å². The van der Waals surface area contributed by atoms with Crippen molar-refractivity contribution in [3.63, 3.8) is 0 Å². The molecule has 1 fully saturated rings. The Kier molecular flexibility index (Phi) is 7.54. The molecule has 1 aliphatic rings. The summed E-state index contributed by atoms with van der Waals surface area (Å²) in [5.74, 6) is -0.717. The third-order valence-electron chi connectivity index (χ3n) is 4.97. The number of nitrogens with one attached hydrogen (secondary N) is 2. The van der Waals surface area contributed by atoms with Crippen molar-refractivity contribution in [2.45, 2.75) is 44.2 Å². The molecule has 0 saturated heterocycles. The Morgan fingerprint density at radius 3 is 2.18 bits per heavy atom. The first-order valence-electron chi connectivity index (χ1n) is 9.19. The molecule has 4 N–H and O–H groups in total. The first-order chi connectivity index (χ1) is 13.0. The summed E-state index contributed by atoms with van der Waals surface area (Å²) < 4.78 is 12.9. The monoisotopic (exact) mass is 405 g/mol. The van der Waals surface area contributed by atoms with Gasteiger partial charge in [0.15, 0.2) is 0 Å². The summed E-state index contributed by atoms with van der Waals surface area (Å²) >= 11 is 0. The summed E-state index contributed by atoms with van der Waals surface area (Å²) in [7, 11) is 0. The number of anilines is 1. The molecule has 0 aliphatic heterocycles. The fourth-order valence-electron chi connectivity index (χ4n) is 3.26. The first kappa shape index (κ1) is 21.9. The Bertz CT molecular complexity index is 803. The average molecular weight is 406 g/mol. The van der Waals surface area contributed by atoms with E-state index in [1.54, 1.807) is 36.4 Å². The molecule has 7 heteroatoms. The van der Waals surface area contributed by atoms with Gasteiger partial charge in [0.1, 0.15) is 5.82 Å². The zero-order valence-electron chi connectivity index (χ0n) is 15.5. The van der Waals surface area contributed by atoms with Gasteiger partial charge in [-0.15, -0.1) is 12.4 Å². The number of amides is 2. The van der Waals surface area contributed by atoms with Crippen LogP contribution in [-0.4, -0.2) is 17.4 Å². The van der Waals surface area contributed by atoms with Crippen molar-refractivity contribution in [3.8, 4) is 0 Å². The van der Waals surface area contributed by atoms with E-state index >= 15 is 0 Å². The highest BCUT2D eigenvalue weighted by Gasteiger charge is 2.35. The summed E-state index contributed by atoms with van der Waals surface area (Å²) in [6.07, 6.45) is 4.45. The standard InChI is InChI=1S/C21H24FN3O2.ClH/c22-17-8-4-15(5-9-17)14-24-19(26)16-6-10-18(11-7-16)25-20(27)21(23)12-2-1-3-13-21;/h4-11H,1-3,12-14,23H2,(H,24,26)(H,25,27);1H. The van der Waals surface area contributed by atoms with Gasteiger partial charge in [0.05, 0.1) is 5.54 Å². The number of hydrogen-bond donors (Lipinski definition) is 3. The van der Waals surface area contributed by atoms with Gasteiger partial charge in [0, 0.05) is 17.8 Å². The number of nitrogens with two attached hydrogens (primary N) is 1. The lowest BCUT2D eigenvalue weighted by molar-refractivity contribution is -0.122. The Labute approximate surface area is 170 Å². The van der Waals surface area contributed by atoms with Crippen LogP contribution in [0.2, 0.25) is 0 Å². The number of carbonyl (C=O) groups is 2. The predicted octanol–water partition coefficient (Wildman–Crippen LogP) is 3.78. The summed E-state index contributed by atoms with van der Waals surface area (Å²) in [4.78, 5) is 24.7. The number of halogens is 2. The molecule has 0 aromatic heterocycles. The summed E-state index contributed by atoms with van der Waals surface area (Å²) in [5, 5.41) is 5.63. The molecule has 150 valence electrons. The Morgan fingerprint density at radius 2 is 1.57 bits per heavy atom. The van der Waals surface area contributed by atoms with Crippen molar-refractivity contribution < 1.29 is 14.0 Å². The van der Waals surface area contributed by atoms with Crippen LogP contribution < -0.4 is 16.4 Å². The maximum Gasteiger partial charge on any atom is 0.251 e. The van der Waals surface area contributed by atoms with E-state index in [0.29, 0.717) is 30.6 Å². The third kappa shape index (κ3) is 5.53. The summed E-state index contributed by atoms with van der Waals surface area (Å²) in [5.41, 5.74) is 7.34. The van der Waals surface area contributed by atoms with Crippen molar-refractivity contribution in [1.29, 1.82) is 0 Å². The lowest BCUT2D eigenvalue weighted by atomic mass is 9.82. The molecular weight excluding hydrogens is 381 g/mol. The van der Waals surface area contributed by atoms with E-state index in [1.165, 1.54) is 12.1 Å². The van der Waals surface area contributed by atoms with Crippen LogP contribution in [0.1, 0.15) is 48.0 Å². The minimum absolute atomic E-state index is 0. The maximum atomic E-state index is 12.9. The van der Waals surface area contributed by atoms with E-state index in [0.717, 1.165) is 24.8 Å². The van der Waals surface area contributed by atoms with Gasteiger partial charge in [0.2, 0.25) is 5.91 Å². The van der Waals surface area contributed by atoms with Gasteiger partial charge < -0.3 is 16.4 Å². The molecule has 2 aromatic rings. The number of hydrogen-bond acceptors (Lipinski definition) is 3. The molecule has 3 rings (SSSR count). The van der Waals surface area contributed by atoms with Gasteiger partial charge in [0.25, 0.3) is 5.91 Å². The van der Waals surface area contributed by atoms with Crippen LogP contribution in [0.25, 0.3) is 0 Å². The van der Waals surface area contributed by atoms with Crippen LogP contribution in [0.4, 0.5) is 10.1 Å². The molecule has 0 atom stereocenters. The molecule has 0 heterocycles. The molecule has 0 unspecified atom stereocenters. The lowest BCUT2D eigenvalue weighted by Crippen LogP contribution is -2.52. The second-order valence-corrected chi connectivity index (χ2v) is 7.06. The maximum absolute atomic E-state index is 12.9. The zero-order valence-corrected chi connectivity index (χ0v) is 16.4. The van der Waals surface area contributed by atoms with Crippen molar-refractivity contribution in [3.05, 3.63) is 65.5 Å². The van der Waals surface area contributed by atoms with Crippen LogP contribution >= 0.6 is 12.4 Å². The van der Waals surface area contributed by atoms with Gasteiger partial charge in [-0.2, -0.15) is 0 Å². The predicted molar refractivity (Wildman–Crippen MR) is 110 cm³/mol. The molecule has 5 nitrogen and oxygen atoms in total. The van der Waals surface area contributed by atoms with Crippen LogP contribution in [-0.2, 0) is 11.3 Å². The van der Waals surface area contributed by atoms with Crippen LogP contribution in [0, 0.1) is 5.82 Å².